The number of benzene rings is 1. The van der Waals surface area contributed by atoms with Crippen molar-refractivity contribution in [3.63, 3.8) is 0 Å². The minimum atomic E-state index is -0.104. The molecule has 2 aromatic rings. The van der Waals surface area contributed by atoms with Gasteiger partial charge in [-0.15, -0.1) is 0 Å². The van der Waals surface area contributed by atoms with Crippen LogP contribution in [-0.2, 0) is 5.41 Å². The van der Waals surface area contributed by atoms with E-state index in [0.717, 1.165) is 11.3 Å². The van der Waals surface area contributed by atoms with Gasteiger partial charge in [0.2, 0.25) is 5.88 Å². The number of nitrogens with zero attached hydrogens (tertiary/aromatic N) is 1. The Balaban J connectivity index is 2.23. The maximum absolute atomic E-state index is 5.93. The van der Waals surface area contributed by atoms with Crippen LogP contribution in [-0.4, -0.2) is 4.98 Å². The zero-order valence-electron chi connectivity index (χ0n) is 12.6. The smallest absolute Gasteiger partial charge is 0.223 e. The fourth-order valence-corrected chi connectivity index (χ4v) is 1.97. The molecule has 2 N–H and O–H groups in total. The summed E-state index contributed by atoms with van der Waals surface area (Å²) in [6.45, 7) is 8.49. The first-order valence-electron chi connectivity index (χ1n) is 6.87. The van der Waals surface area contributed by atoms with Crippen molar-refractivity contribution in [1.82, 2.24) is 4.98 Å². The fraction of sp³-hybridized carbons (Fsp3) is 0.353. The van der Waals surface area contributed by atoms with Crippen molar-refractivity contribution in [2.24, 2.45) is 5.73 Å². The van der Waals surface area contributed by atoms with Crippen LogP contribution >= 0.6 is 0 Å². The van der Waals surface area contributed by atoms with Gasteiger partial charge in [0.15, 0.2) is 0 Å². The third-order valence-corrected chi connectivity index (χ3v) is 3.23. The van der Waals surface area contributed by atoms with E-state index in [2.05, 4.69) is 37.9 Å². The molecule has 106 valence electrons. The monoisotopic (exact) mass is 270 g/mol. The Bertz CT molecular complexity index is 568. The molecule has 1 aromatic heterocycles. The van der Waals surface area contributed by atoms with Gasteiger partial charge in [0.1, 0.15) is 5.75 Å². The summed E-state index contributed by atoms with van der Waals surface area (Å²) in [5.74, 6) is 1.35. The standard InChI is InChI=1S/C17H22N2O/c1-12(18)15-6-5-11-19-16(15)20-14-9-7-13(8-10-14)17(2,3)4/h5-12H,18H2,1-4H3/t12-/m1/s1. The summed E-state index contributed by atoms with van der Waals surface area (Å²) in [4.78, 5) is 4.26. The Hall–Kier alpha value is -1.87. The summed E-state index contributed by atoms with van der Waals surface area (Å²) in [5, 5.41) is 0. The predicted molar refractivity (Wildman–Crippen MR) is 82.1 cm³/mol. The largest absolute Gasteiger partial charge is 0.439 e. The van der Waals surface area contributed by atoms with Gasteiger partial charge in [-0.2, -0.15) is 0 Å². The van der Waals surface area contributed by atoms with Crippen molar-refractivity contribution < 1.29 is 4.74 Å². The fourth-order valence-electron chi connectivity index (χ4n) is 1.97. The lowest BCUT2D eigenvalue weighted by atomic mass is 9.87. The molecule has 0 spiro atoms. The highest BCUT2D eigenvalue weighted by Crippen LogP contribution is 2.28. The Labute approximate surface area is 120 Å². The van der Waals surface area contributed by atoms with Gasteiger partial charge in [-0.3, -0.25) is 0 Å². The Morgan fingerprint density at radius 1 is 1.10 bits per heavy atom. The molecule has 0 bridgehead atoms. The average molecular weight is 270 g/mol. The second-order valence-corrected chi connectivity index (χ2v) is 6.06. The SMILES string of the molecule is C[C@@H](N)c1cccnc1Oc1ccc(C(C)(C)C)cc1. The molecule has 1 atom stereocenters. The summed E-state index contributed by atoms with van der Waals surface area (Å²) >= 11 is 0. The van der Waals surface area contributed by atoms with Crippen molar-refractivity contribution in [3.8, 4) is 11.6 Å². The molecule has 3 nitrogen and oxygen atoms in total. The number of aromatic nitrogens is 1. The number of ether oxygens (including phenoxy) is 1. The highest BCUT2D eigenvalue weighted by Gasteiger charge is 2.14. The van der Waals surface area contributed by atoms with Crippen LogP contribution in [0.15, 0.2) is 42.6 Å². The van der Waals surface area contributed by atoms with Crippen LogP contribution in [0.4, 0.5) is 0 Å². The highest BCUT2D eigenvalue weighted by atomic mass is 16.5. The van der Waals surface area contributed by atoms with E-state index in [1.54, 1.807) is 6.20 Å². The third-order valence-electron chi connectivity index (χ3n) is 3.23. The van der Waals surface area contributed by atoms with Gasteiger partial charge in [-0.1, -0.05) is 39.0 Å². The zero-order chi connectivity index (χ0) is 14.8. The first kappa shape index (κ1) is 14.5. The normalized spacial score (nSPS) is 13.1. The van der Waals surface area contributed by atoms with E-state index < -0.39 is 0 Å². The van der Waals surface area contributed by atoms with E-state index >= 15 is 0 Å². The minimum Gasteiger partial charge on any atom is -0.439 e. The quantitative estimate of drug-likeness (QED) is 0.909. The topological polar surface area (TPSA) is 48.1 Å². The van der Waals surface area contributed by atoms with Gasteiger partial charge in [0.05, 0.1) is 0 Å². The van der Waals surface area contributed by atoms with E-state index in [0.29, 0.717) is 5.88 Å². The number of rotatable bonds is 3. The van der Waals surface area contributed by atoms with Crippen LogP contribution in [0.2, 0.25) is 0 Å². The number of hydrogen-bond donors (Lipinski definition) is 1. The number of hydrogen-bond acceptors (Lipinski definition) is 3. The number of nitrogens with two attached hydrogens (primary N) is 1. The molecule has 20 heavy (non-hydrogen) atoms. The molecule has 0 fully saturated rings. The number of pyridine rings is 1. The summed E-state index contributed by atoms with van der Waals surface area (Å²) in [7, 11) is 0. The molecule has 1 heterocycles. The molecule has 0 saturated heterocycles. The highest BCUT2D eigenvalue weighted by molar-refractivity contribution is 5.36. The van der Waals surface area contributed by atoms with Crippen LogP contribution in [0.3, 0.4) is 0 Å². The van der Waals surface area contributed by atoms with Crippen molar-refractivity contribution in [1.29, 1.82) is 0 Å². The zero-order valence-corrected chi connectivity index (χ0v) is 12.6. The molecule has 2 rings (SSSR count). The second kappa shape index (κ2) is 5.63. The lowest BCUT2D eigenvalue weighted by Gasteiger charge is -2.19. The van der Waals surface area contributed by atoms with Gasteiger partial charge in [0, 0.05) is 17.8 Å². The van der Waals surface area contributed by atoms with E-state index in [1.165, 1.54) is 5.56 Å². The minimum absolute atomic E-state index is 0.104. The summed E-state index contributed by atoms with van der Waals surface area (Å²) < 4.78 is 5.85. The van der Waals surface area contributed by atoms with Crippen LogP contribution in [0.1, 0.15) is 44.9 Å². The molecule has 3 heteroatoms. The third kappa shape index (κ3) is 3.36. The predicted octanol–water partition coefficient (Wildman–Crippen LogP) is 4.19. The van der Waals surface area contributed by atoms with Crippen molar-refractivity contribution in [3.05, 3.63) is 53.7 Å². The Morgan fingerprint density at radius 3 is 2.30 bits per heavy atom. The first-order valence-corrected chi connectivity index (χ1v) is 6.87. The Morgan fingerprint density at radius 2 is 1.75 bits per heavy atom. The van der Waals surface area contributed by atoms with Crippen molar-refractivity contribution >= 4 is 0 Å². The average Bonchev–Trinajstić information content (AvgIpc) is 2.38. The molecular formula is C17H22N2O. The van der Waals surface area contributed by atoms with Gasteiger partial charge in [-0.25, -0.2) is 4.98 Å². The van der Waals surface area contributed by atoms with Gasteiger partial charge in [0.25, 0.3) is 0 Å². The molecule has 0 amide bonds. The van der Waals surface area contributed by atoms with Crippen LogP contribution in [0.5, 0.6) is 11.6 Å². The molecule has 0 unspecified atom stereocenters. The van der Waals surface area contributed by atoms with E-state index in [-0.39, 0.29) is 11.5 Å². The van der Waals surface area contributed by atoms with E-state index in [9.17, 15) is 0 Å². The maximum atomic E-state index is 5.93. The molecule has 1 aromatic carbocycles. The van der Waals surface area contributed by atoms with Crippen LogP contribution < -0.4 is 10.5 Å². The molecular weight excluding hydrogens is 248 g/mol. The molecule has 0 saturated carbocycles. The van der Waals surface area contributed by atoms with E-state index in [4.69, 9.17) is 10.5 Å². The molecule has 0 aliphatic carbocycles. The van der Waals surface area contributed by atoms with Gasteiger partial charge in [-0.05, 0) is 36.1 Å². The molecule has 0 radical (unpaired) electrons. The van der Waals surface area contributed by atoms with Crippen molar-refractivity contribution in [2.45, 2.75) is 39.2 Å². The molecule has 0 aliphatic heterocycles. The first-order chi connectivity index (χ1) is 9.38. The molecule has 0 aliphatic rings. The second-order valence-electron chi connectivity index (χ2n) is 6.06. The van der Waals surface area contributed by atoms with Crippen molar-refractivity contribution in [2.75, 3.05) is 0 Å². The Kier molecular flexibility index (Phi) is 4.09. The van der Waals surface area contributed by atoms with E-state index in [1.807, 2.05) is 31.2 Å². The lowest BCUT2D eigenvalue weighted by molar-refractivity contribution is 0.451. The van der Waals surface area contributed by atoms with Gasteiger partial charge >= 0.3 is 0 Å². The summed E-state index contributed by atoms with van der Waals surface area (Å²) in [5.41, 5.74) is 8.25. The lowest BCUT2D eigenvalue weighted by Crippen LogP contribution is -2.10. The maximum Gasteiger partial charge on any atom is 0.223 e. The van der Waals surface area contributed by atoms with Crippen LogP contribution in [0, 0.1) is 0 Å². The van der Waals surface area contributed by atoms with Crippen LogP contribution in [0.25, 0.3) is 0 Å². The summed E-state index contributed by atoms with van der Waals surface area (Å²) in [6, 6.07) is 11.8. The van der Waals surface area contributed by atoms with Gasteiger partial charge < -0.3 is 10.5 Å². The summed E-state index contributed by atoms with van der Waals surface area (Å²) in [6.07, 6.45) is 1.71.